The summed E-state index contributed by atoms with van der Waals surface area (Å²) in [5.74, 6) is 0.759. The summed E-state index contributed by atoms with van der Waals surface area (Å²) in [7, 11) is 0. The first-order valence-corrected chi connectivity index (χ1v) is 8.67. The van der Waals surface area contributed by atoms with Crippen molar-refractivity contribution in [1.29, 1.82) is 0 Å². The van der Waals surface area contributed by atoms with Crippen molar-refractivity contribution < 1.29 is 4.79 Å². The van der Waals surface area contributed by atoms with Crippen molar-refractivity contribution in [2.45, 2.75) is 25.9 Å². The summed E-state index contributed by atoms with van der Waals surface area (Å²) in [4.78, 5) is 17.3. The maximum atomic E-state index is 12.6. The zero-order valence-electron chi connectivity index (χ0n) is 13.9. The predicted octanol–water partition coefficient (Wildman–Crippen LogP) is 3.87. The van der Waals surface area contributed by atoms with E-state index in [-0.39, 0.29) is 11.9 Å². The largest absolute Gasteiger partial charge is 0.346 e. The number of carbonyl (C=O) groups is 1. The van der Waals surface area contributed by atoms with Gasteiger partial charge in [-0.2, -0.15) is 0 Å². The van der Waals surface area contributed by atoms with E-state index in [0.717, 1.165) is 23.5 Å². The Labute approximate surface area is 151 Å². The molecule has 0 unspecified atom stereocenters. The highest BCUT2D eigenvalue weighted by Gasteiger charge is 2.29. The van der Waals surface area contributed by atoms with Crippen molar-refractivity contribution in [3.05, 3.63) is 76.6 Å². The second-order valence-corrected chi connectivity index (χ2v) is 6.78. The maximum absolute atomic E-state index is 12.6. The molecule has 4 rings (SSSR count). The van der Waals surface area contributed by atoms with Gasteiger partial charge in [-0.25, -0.2) is 4.98 Å². The molecule has 1 aliphatic rings. The van der Waals surface area contributed by atoms with Gasteiger partial charge in [0.1, 0.15) is 11.5 Å². The van der Waals surface area contributed by atoms with Crippen LogP contribution < -0.4 is 5.32 Å². The van der Waals surface area contributed by atoms with Crippen LogP contribution in [0.2, 0.25) is 5.02 Å². The lowest BCUT2D eigenvalue weighted by atomic mass is 10.0. The molecule has 3 aromatic rings. The topological polar surface area (TPSA) is 46.9 Å². The second-order valence-electron chi connectivity index (χ2n) is 6.35. The standard InChI is InChI=1S/C20H18ClN3O/c1-13-18-20(25)23-17(11-14-5-3-2-4-6-14)12-24(18)19(22-13)15-7-9-16(21)10-8-15/h2-10,17H,11-12H2,1H3,(H,23,25)/t17-/m0/s1. The lowest BCUT2D eigenvalue weighted by Gasteiger charge is -2.27. The van der Waals surface area contributed by atoms with Gasteiger partial charge in [-0.15, -0.1) is 0 Å². The van der Waals surface area contributed by atoms with E-state index in [9.17, 15) is 4.79 Å². The van der Waals surface area contributed by atoms with E-state index in [1.165, 1.54) is 5.56 Å². The SMILES string of the molecule is Cc1nc(-c2ccc(Cl)cc2)n2c1C(=O)N[C@@H](Cc1ccccc1)C2. The third-order valence-electron chi connectivity index (χ3n) is 4.52. The van der Waals surface area contributed by atoms with E-state index in [4.69, 9.17) is 11.6 Å². The summed E-state index contributed by atoms with van der Waals surface area (Å²) in [6.07, 6.45) is 0.795. The Kier molecular flexibility index (Phi) is 4.06. The van der Waals surface area contributed by atoms with E-state index >= 15 is 0 Å². The van der Waals surface area contributed by atoms with Crippen molar-refractivity contribution in [2.75, 3.05) is 0 Å². The second kappa shape index (κ2) is 6.37. The van der Waals surface area contributed by atoms with Crippen molar-refractivity contribution in [2.24, 2.45) is 0 Å². The number of hydrogen-bond acceptors (Lipinski definition) is 2. The molecule has 2 aromatic carbocycles. The fraction of sp³-hybridized carbons (Fsp3) is 0.200. The number of imidazole rings is 1. The number of aromatic nitrogens is 2. The van der Waals surface area contributed by atoms with Gasteiger partial charge in [0.05, 0.1) is 11.7 Å². The Morgan fingerprint density at radius 2 is 1.88 bits per heavy atom. The number of halogens is 1. The van der Waals surface area contributed by atoms with E-state index in [2.05, 4.69) is 22.4 Å². The molecular weight excluding hydrogens is 334 g/mol. The molecule has 4 nitrogen and oxygen atoms in total. The average Bonchev–Trinajstić information content (AvgIpc) is 2.93. The monoisotopic (exact) mass is 351 g/mol. The normalized spacial score (nSPS) is 16.4. The Morgan fingerprint density at radius 3 is 2.60 bits per heavy atom. The molecule has 25 heavy (non-hydrogen) atoms. The van der Waals surface area contributed by atoms with Crippen LogP contribution in [-0.2, 0) is 13.0 Å². The molecule has 1 atom stereocenters. The van der Waals surface area contributed by atoms with Gasteiger partial charge in [-0.3, -0.25) is 4.79 Å². The highest BCUT2D eigenvalue weighted by Crippen LogP contribution is 2.26. The van der Waals surface area contributed by atoms with E-state index in [0.29, 0.717) is 17.3 Å². The molecule has 1 amide bonds. The molecule has 126 valence electrons. The Hall–Kier alpha value is -2.59. The van der Waals surface area contributed by atoms with Crippen molar-refractivity contribution in [3.63, 3.8) is 0 Å². The Balaban J connectivity index is 1.69. The lowest BCUT2D eigenvalue weighted by Crippen LogP contribution is -2.45. The van der Waals surface area contributed by atoms with Gasteiger partial charge in [-0.05, 0) is 43.2 Å². The zero-order valence-corrected chi connectivity index (χ0v) is 14.6. The highest BCUT2D eigenvalue weighted by molar-refractivity contribution is 6.30. The van der Waals surface area contributed by atoms with Gasteiger partial charge < -0.3 is 9.88 Å². The van der Waals surface area contributed by atoms with Crippen molar-refractivity contribution in [3.8, 4) is 11.4 Å². The third kappa shape index (κ3) is 3.05. The summed E-state index contributed by atoms with van der Waals surface area (Å²) < 4.78 is 2.03. The van der Waals surface area contributed by atoms with Gasteiger partial charge >= 0.3 is 0 Å². The number of benzene rings is 2. The van der Waals surface area contributed by atoms with E-state index in [1.54, 1.807) is 0 Å². The van der Waals surface area contributed by atoms with Crippen LogP contribution in [0.4, 0.5) is 0 Å². The molecule has 1 aliphatic heterocycles. The van der Waals surface area contributed by atoms with Crippen LogP contribution in [0.15, 0.2) is 54.6 Å². The van der Waals surface area contributed by atoms with Crippen LogP contribution in [-0.4, -0.2) is 21.5 Å². The predicted molar refractivity (Wildman–Crippen MR) is 98.8 cm³/mol. The minimum absolute atomic E-state index is 0.0436. The minimum atomic E-state index is -0.0580. The molecule has 0 saturated heterocycles. The van der Waals surface area contributed by atoms with Crippen LogP contribution in [0, 0.1) is 6.92 Å². The van der Waals surface area contributed by atoms with Crippen LogP contribution in [0.25, 0.3) is 11.4 Å². The van der Waals surface area contributed by atoms with Gasteiger partial charge in [0.15, 0.2) is 0 Å². The smallest absolute Gasteiger partial charge is 0.270 e. The molecule has 0 fully saturated rings. The number of carbonyl (C=O) groups excluding carboxylic acids is 1. The number of aryl methyl sites for hydroxylation is 1. The number of rotatable bonds is 3. The summed E-state index contributed by atoms with van der Waals surface area (Å²) in [6, 6.07) is 17.8. The summed E-state index contributed by atoms with van der Waals surface area (Å²) in [6.45, 7) is 2.58. The Bertz CT molecular complexity index is 916. The number of nitrogens with zero attached hydrogens (tertiary/aromatic N) is 2. The number of fused-ring (bicyclic) bond motifs is 1. The van der Waals surface area contributed by atoms with Crippen LogP contribution in [0.3, 0.4) is 0 Å². The van der Waals surface area contributed by atoms with Gasteiger partial charge in [0, 0.05) is 17.1 Å². The molecule has 0 spiro atoms. The summed E-state index contributed by atoms with van der Waals surface area (Å²) in [5.41, 5.74) is 3.57. The van der Waals surface area contributed by atoms with Crippen LogP contribution in [0.5, 0.6) is 0 Å². The maximum Gasteiger partial charge on any atom is 0.270 e. The summed E-state index contributed by atoms with van der Waals surface area (Å²) in [5, 5.41) is 3.80. The van der Waals surface area contributed by atoms with Crippen LogP contribution >= 0.6 is 11.6 Å². The lowest BCUT2D eigenvalue weighted by molar-refractivity contribution is 0.0900. The number of hydrogen-bond donors (Lipinski definition) is 1. The molecule has 1 aromatic heterocycles. The van der Waals surface area contributed by atoms with E-state index in [1.807, 2.05) is 54.0 Å². The molecule has 1 N–H and O–H groups in total. The zero-order chi connectivity index (χ0) is 17.4. The quantitative estimate of drug-likeness (QED) is 0.778. The van der Waals surface area contributed by atoms with Gasteiger partial charge in [0.25, 0.3) is 5.91 Å². The molecule has 0 radical (unpaired) electrons. The molecular formula is C20H18ClN3O. The summed E-state index contributed by atoms with van der Waals surface area (Å²) >= 11 is 5.99. The first-order valence-electron chi connectivity index (χ1n) is 8.29. The first kappa shape index (κ1) is 15.9. The fourth-order valence-corrected chi connectivity index (χ4v) is 3.52. The molecule has 5 heteroatoms. The Morgan fingerprint density at radius 1 is 1.16 bits per heavy atom. The molecule has 0 aliphatic carbocycles. The molecule has 0 saturated carbocycles. The first-order chi connectivity index (χ1) is 12.1. The molecule has 0 bridgehead atoms. The number of nitrogens with one attached hydrogen (secondary N) is 1. The van der Waals surface area contributed by atoms with Crippen molar-refractivity contribution >= 4 is 17.5 Å². The fourth-order valence-electron chi connectivity index (χ4n) is 3.39. The van der Waals surface area contributed by atoms with Gasteiger partial charge in [0.2, 0.25) is 0 Å². The number of amides is 1. The van der Waals surface area contributed by atoms with Crippen molar-refractivity contribution in [1.82, 2.24) is 14.9 Å². The van der Waals surface area contributed by atoms with E-state index < -0.39 is 0 Å². The van der Waals surface area contributed by atoms with Gasteiger partial charge in [-0.1, -0.05) is 41.9 Å². The highest BCUT2D eigenvalue weighted by atomic mass is 35.5. The van der Waals surface area contributed by atoms with Crippen LogP contribution in [0.1, 0.15) is 21.7 Å². The minimum Gasteiger partial charge on any atom is -0.346 e. The third-order valence-corrected chi connectivity index (χ3v) is 4.77. The average molecular weight is 352 g/mol. The molecule has 2 heterocycles.